The van der Waals surface area contributed by atoms with E-state index in [4.69, 9.17) is 10.3 Å². The summed E-state index contributed by atoms with van der Waals surface area (Å²) in [6, 6.07) is 9.33. The average Bonchev–Trinajstić information content (AvgIpc) is 2.26. The van der Waals surface area contributed by atoms with Gasteiger partial charge in [-0.2, -0.15) is 0 Å². The van der Waals surface area contributed by atoms with Crippen LogP contribution in [0.1, 0.15) is 20.3 Å². The zero-order chi connectivity index (χ0) is 12.7. The van der Waals surface area contributed by atoms with Gasteiger partial charge in [-0.15, -0.1) is 0 Å². The van der Waals surface area contributed by atoms with Crippen LogP contribution in [-0.2, 0) is 4.57 Å². The van der Waals surface area contributed by atoms with Gasteiger partial charge in [0.05, 0.1) is 6.16 Å². The van der Waals surface area contributed by atoms with Gasteiger partial charge in [0.15, 0.2) is 0 Å². The Hall–Kier alpha value is -0.830. The van der Waals surface area contributed by atoms with Crippen molar-refractivity contribution in [3.63, 3.8) is 0 Å². The number of hydrogen-bond donors (Lipinski definition) is 2. The van der Waals surface area contributed by atoms with Crippen molar-refractivity contribution in [3.8, 4) is 5.75 Å². The number of nitrogens with one attached hydrogen (secondary N) is 1. The van der Waals surface area contributed by atoms with Gasteiger partial charge in [0.1, 0.15) is 5.75 Å². The van der Waals surface area contributed by atoms with Crippen molar-refractivity contribution in [3.05, 3.63) is 30.3 Å². The number of benzene rings is 1. The minimum Gasteiger partial charge on any atom is -0.433 e. The quantitative estimate of drug-likeness (QED) is 0.736. The molecule has 1 atom stereocenters. The molecule has 17 heavy (non-hydrogen) atoms. The Morgan fingerprint density at radius 1 is 1.35 bits per heavy atom. The van der Waals surface area contributed by atoms with Crippen molar-refractivity contribution in [2.45, 2.75) is 26.3 Å². The van der Waals surface area contributed by atoms with Crippen molar-refractivity contribution >= 4 is 7.52 Å². The van der Waals surface area contributed by atoms with Gasteiger partial charge in [-0.3, -0.25) is 4.57 Å². The Bertz CT molecular complexity index is 368. The first-order chi connectivity index (χ1) is 8.06. The molecule has 0 amide bonds. The van der Waals surface area contributed by atoms with E-state index in [-0.39, 0.29) is 6.04 Å². The van der Waals surface area contributed by atoms with Crippen molar-refractivity contribution in [1.82, 2.24) is 5.09 Å². The maximum atomic E-state index is 12.6. The molecular weight excluding hydrogens is 235 g/mol. The van der Waals surface area contributed by atoms with Gasteiger partial charge in [-0.05, 0) is 38.9 Å². The maximum Gasteiger partial charge on any atom is 0.316 e. The van der Waals surface area contributed by atoms with Crippen LogP contribution in [0.2, 0.25) is 0 Å². The van der Waals surface area contributed by atoms with Crippen LogP contribution in [0.25, 0.3) is 0 Å². The summed E-state index contributed by atoms with van der Waals surface area (Å²) < 4.78 is 18.2. The molecule has 0 spiro atoms. The van der Waals surface area contributed by atoms with Crippen LogP contribution in [0.15, 0.2) is 30.3 Å². The first kappa shape index (κ1) is 14.2. The highest BCUT2D eigenvalue weighted by Crippen LogP contribution is 2.43. The lowest BCUT2D eigenvalue weighted by Crippen LogP contribution is -2.24. The third-order valence-corrected chi connectivity index (χ3v) is 4.43. The molecular formula is C12H21N2O2P. The Labute approximate surface area is 103 Å². The molecule has 1 aromatic carbocycles. The molecule has 0 saturated heterocycles. The SMILES string of the molecule is CC(C)NP(=O)(CCCN)Oc1ccccc1. The second-order valence-corrected chi connectivity index (χ2v) is 6.46. The molecule has 0 radical (unpaired) electrons. The fourth-order valence-corrected chi connectivity index (χ4v) is 3.60. The van der Waals surface area contributed by atoms with Crippen LogP contribution in [0, 0.1) is 0 Å². The van der Waals surface area contributed by atoms with Crippen molar-refractivity contribution in [2.24, 2.45) is 5.73 Å². The normalized spacial score (nSPS) is 14.6. The van der Waals surface area contributed by atoms with E-state index in [0.717, 1.165) is 0 Å². The van der Waals surface area contributed by atoms with Crippen molar-refractivity contribution in [2.75, 3.05) is 12.7 Å². The lowest BCUT2D eigenvalue weighted by molar-refractivity contribution is 0.457. The van der Waals surface area contributed by atoms with Crippen molar-refractivity contribution in [1.29, 1.82) is 0 Å². The molecule has 4 nitrogen and oxygen atoms in total. The summed E-state index contributed by atoms with van der Waals surface area (Å²) in [6.07, 6.45) is 1.14. The molecule has 96 valence electrons. The second-order valence-electron chi connectivity index (χ2n) is 4.23. The minimum atomic E-state index is -2.84. The van der Waals surface area contributed by atoms with Crippen LogP contribution in [0.5, 0.6) is 5.75 Å². The summed E-state index contributed by atoms with van der Waals surface area (Å²) in [7, 11) is -2.84. The molecule has 0 aliphatic rings. The number of nitrogens with two attached hydrogens (primary N) is 1. The molecule has 0 saturated carbocycles. The molecule has 0 aliphatic heterocycles. The number of para-hydroxylation sites is 1. The molecule has 5 heteroatoms. The summed E-state index contributed by atoms with van der Waals surface area (Å²) in [5.41, 5.74) is 5.46. The lowest BCUT2D eigenvalue weighted by atomic mass is 10.3. The predicted octanol–water partition coefficient (Wildman–Crippen LogP) is 2.61. The summed E-state index contributed by atoms with van der Waals surface area (Å²) in [5.74, 6) is 0.626. The topological polar surface area (TPSA) is 64.4 Å². The lowest BCUT2D eigenvalue weighted by Gasteiger charge is -2.22. The largest absolute Gasteiger partial charge is 0.433 e. The third-order valence-electron chi connectivity index (χ3n) is 2.11. The summed E-state index contributed by atoms with van der Waals surface area (Å²) >= 11 is 0. The first-order valence-corrected chi connectivity index (χ1v) is 7.68. The van der Waals surface area contributed by atoms with E-state index in [9.17, 15) is 4.57 Å². The van der Waals surface area contributed by atoms with Crippen LogP contribution in [0.3, 0.4) is 0 Å². The highest BCUT2D eigenvalue weighted by molar-refractivity contribution is 7.57. The smallest absolute Gasteiger partial charge is 0.316 e. The monoisotopic (exact) mass is 256 g/mol. The van der Waals surface area contributed by atoms with E-state index in [2.05, 4.69) is 5.09 Å². The van der Waals surface area contributed by atoms with E-state index in [1.165, 1.54) is 0 Å². The van der Waals surface area contributed by atoms with Crippen LogP contribution in [0.4, 0.5) is 0 Å². The third kappa shape index (κ3) is 5.35. The fourth-order valence-electron chi connectivity index (χ4n) is 1.48. The molecule has 1 unspecified atom stereocenters. The Morgan fingerprint density at radius 2 is 2.00 bits per heavy atom. The van der Waals surface area contributed by atoms with E-state index in [1.807, 2.05) is 32.0 Å². The maximum absolute atomic E-state index is 12.6. The van der Waals surface area contributed by atoms with E-state index in [1.54, 1.807) is 12.1 Å². The van der Waals surface area contributed by atoms with Gasteiger partial charge < -0.3 is 10.3 Å². The molecule has 0 bridgehead atoms. The molecule has 3 N–H and O–H groups in total. The second kappa shape index (κ2) is 6.80. The Kier molecular flexibility index (Phi) is 5.69. The summed E-state index contributed by atoms with van der Waals surface area (Å²) in [5, 5.41) is 3.02. The van der Waals surface area contributed by atoms with Gasteiger partial charge >= 0.3 is 7.52 Å². The van der Waals surface area contributed by atoms with Crippen LogP contribution < -0.4 is 15.3 Å². The molecule has 0 aromatic heterocycles. The predicted molar refractivity (Wildman–Crippen MR) is 71.5 cm³/mol. The van der Waals surface area contributed by atoms with Gasteiger partial charge in [0.25, 0.3) is 0 Å². The highest BCUT2D eigenvalue weighted by Gasteiger charge is 2.24. The number of hydrogen-bond acceptors (Lipinski definition) is 3. The van der Waals surface area contributed by atoms with E-state index in [0.29, 0.717) is 24.9 Å². The van der Waals surface area contributed by atoms with E-state index < -0.39 is 7.52 Å². The van der Waals surface area contributed by atoms with Crippen LogP contribution in [-0.4, -0.2) is 18.7 Å². The zero-order valence-corrected chi connectivity index (χ0v) is 11.3. The summed E-state index contributed by atoms with van der Waals surface area (Å²) in [4.78, 5) is 0. The summed E-state index contributed by atoms with van der Waals surface area (Å²) in [6.45, 7) is 4.41. The zero-order valence-electron chi connectivity index (χ0n) is 10.4. The molecule has 0 fully saturated rings. The van der Waals surface area contributed by atoms with E-state index >= 15 is 0 Å². The number of rotatable bonds is 7. The fraction of sp³-hybridized carbons (Fsp3) is 0.500. The van der Waals surface area contributed by atoms with Crippen LogP contribution >= 0.6 is 7.52 Å². The average molecular weight is 256 g/mol. The standard InChI is InChI=1S/C12H21N2O2P/c1-11(2)14-17(15,10-6-9-13)16-12-7-4-3-5-8-12/h3-5,7-8,11H,6,9-10,13H2,1-2H3,(H,14,15). The van der Waals surface area contributed by atoms with Gasteiger partial charge in [0, 0.05) is 6.04 Å². The molecule has 0 heterocycles. The Balaban J connectivity index is 2.73. The molecule has 1 aromatic rings. The molecule has 1 rings (SSSR count). The Morgan fingerprint density at radius 3 is 2.53 bits per heavy atom. The van der Waals surface area contributed by atoms with Gasteiger partial charge in [-0.25, -0.2) is 5.09 Å². The highest BCUT2D eigenvalue weighted by atomic mass is 31.2. The van der Waals surface area contributed by atoms with Gasteiger partial charge in [0.2, 0.25) is 0 Å². The van der Waals surface area contributed by atoms with Crippen molar-refractivity contribution < 1.29 is 9.09 Å². The van der Waals surface area contributed by atoms with Gasteiger partial charge in [-0.1, -0.05) is 18.2 Å². The minimum absolute atomic E-state index is 0.113. The molecule has 0 aliphatic carbocycles. The first-order valence-electron chi connectivity index (χ1n) is 5.87.